The molecule has 0 aromatic carbocycles. The molecular weight excluding hydrogens is 274 g/mol. The van der Waals surface area contributed by atoms with Crippen molar-refractivity contribution in [2.75, 3.05) is 0 Å². The number of rotatable bonds is 15. The normalized spacial score (nSPS) is 10.2. The third-order valence-corrected chi connectivity index (χ3v) is 3.98. The van der Waals surface area contributed by atoms with Gasteiger partial charge in [-0.15, -0.1) is 0 Å². The van der Waals surface area contributed by atoms with E-state index in [1.54, 1.807) is 0 Å². The van der Waals surface area contributed by atoms with E-state index in [1.165, 1.54) is 64.2 Å². The van der Waals surface area contributed by atoms with Gasteiger partial charge in [0.15, 0.2) is 0 Å². The lowest BCUT2D eigenvalue weighted by atomic mass is 10.0. The van der Waals surface area contributed by atoms with Crippen molar-refractivity contribution in [1.82, 2.24) is 0 Å². The topological polar surface area (TPSA) is 65.8 Å². The highest BCUT2D eigenvalue weighted by Crippen LogP contribution is 2.15. The fourth-order valence-corrected chi connectivity index (χ4v) is 2.55. The maximum Gasteiger partial charge on any atom is 0.219 e. The summed E-state index contributed by atoms with van der Waals surface area (Å²) in [5.74, 6) is -0.386. The van der Waals surface area contributed by atoms with Crippen molar-refractivity contribution in [1.29, 1.82) is 0 Å². The number of nitrogens with zero attached hydrogens (tertiary/aromatic N) is 3. The molecule has 0 aliphatic heterocycles. The monoisotopic (exact) mass is 307 g/mol. The van der Waals surface area contributed by atoms with Crippen molar-refractivity contribution in [3.8, 4) is 0 Å². The van der Waals surface area contributed by atoms with Gasteiger partial charge in [-0.1, -0.05) is 83.3 Å². The molecule has 0 aliphatic rings. The fraction of sp³-hybridized carbons (Fsp3) is 0.833. The predicted octanol–water partition coefficient (Wildman–Crippen LogP) is 6.86. The number of azide groups is 1. The Kier molecular flexibility index (Phi) is 15.2. The van der Waals surface area contributed by atoms with Crippen molar-refractivity contribution in [2.24, 2.45) is 5.11 Å². The quantitative estimate of drug-likeness (QED) is 0.107. The Labute approximate surface area is 136 Å². The van der Waals surface area contributed by atoms with Gasteiger partial charge < -0.3 is 0 Å². The van der Waals surface area contributed by atoms with Crippen LogP contribution in [0.5, 0.6) is 0 Å². The van der Waals surface area contributed by atoms with Crippen molar-refractivity contribution >= 4 is 5.91 Å². The van der Waals surface area contributed by atoms with Crippen LogP contribution in [0.25, 0.3) is 10.4 Å². The van der Waals surface area contributed by atoms with Gasteiger partial charge in [-0.3, -0.25) is 4.79 Å². The van der Waals surface area contributed by atoms with E-state index in [2.05, 4.69) is 23.5 Å². The molecule has 0 heterocycles. The molecule has 0 bridgehead atoms. The lowest BCUT2D eigenvalue weighted by Crippen LogP contribution is -1.93. The zero-order valence-corrected chi connectivity index (χ0v) is 14.4. The van der Waals surface area contributed by atoms with E-state index in [0.29, 0.717) is 12.8 Å². The molecule has 22 heavy (non-hydrogen) atoms. The second-order valence-corrected chi connectivity index (χ2v) is 6.12. The molecule has 126 valence electrons. The molecule has 0 saturated heterocycles. The number of unbranched alkanes of at least 4 members (excludes halogenated alkanes) is 10. The molecule has 4 heteroatoms. The van der Waals surface area contributed by atoms with E-state index in [1.807, 2.05) is 0 Å². The Bertz CT molecular complexity index is 346. The Morgan fingerprint density at radius 1 is 0.864 bits per heavy atom. The standard InChI is InChI=1S/C18H33N3O/c1-3-4-5-6-7-8-9-10-11-12-13-14-17(2)15-16-18(22)20-21-19/h2-16H2,1H3. The van der Waals surface area contributed by atoms with E-state index in [-0.39, 0.29) is 5.91 Å². The minimum atomic E-state index is -0.386. The second-order valence-electron chi connectivity index (χ2n) is 6.12. The summed E-state index contributed by atoms with van der Waals surface area (Å²) in [7, 11) is 0. The van der Waals surface area contributed by atoms with Crippen LogP contribution in [0.4, 0.5) is 0 Å². The van der Waals surface area contributed by atoms with Crippen LogP contribution in [0.2, 0.25) is 0 Å². The highest BCUT2D eigenvalue weighted by atomic mass is 16.1. The smallest absolute Gasteiger partial charge is 0.219 e. The first-order chi connectivity index (χ1) is 10.7. The van der Waals surface area contributed by atoms with Crippen LogP contribution in [0, 0.1) is 0 Å². The van der Waals surface area contributed by atoms with Gasteiger partial charge in [-0.05, 0) is 29.9 Å². The molecule has 0 atom stereocenters. The molecule has 0 aromatic heterocycles. The lowest BCUT2D eigenvalue weighted by molar-refractivity contribution is -0.117. The SMILES string of the molecule is C=C(CCCCCCCCCCCCC)CCC(=O)N=[N+]=[N-]. The maximum absolute atomic E-state index is 11.0. The van der Waals surface area contributed by atoms with Gasteiger partial charge in [-0.2, -0.15) is 0 Å². The molecule has 0 spiro atoms. The average Bonchev–Trinajstić information content (AvgIpc) is 2.51. The van der Waals surface area contributed by atoms with Gasteiger partial charge in [0, 0.05) is 11.3 Å². The molecular formula is C18H33N3O. The van der Waals surface area contributed by atoms with Crippen LogP contribution in [0.3, 0.4) is 0 Å². The number of carbonyl (C=O) groups excluding carboxylic acids is 1. The van der Waals surface area contributed by atoms with Gasteiger partial charge in [0.1, 0.15) is 0 Å². The first-order valence-electron chi connectivity index (χ1n) is 8.95. The van der Waals surface area contributed by atoms with Crippen LogP contribution in [-0.4, -0.2) is 5.91 Å². The maximum atomic E-state index is 11.0. The largest absolute Gasteiger partial charge is 0.293 e. The summed E-state index contributed by atoms with van der Waals surface area (Å²) in [4.78, 5) is 13.5. The predicted molar refractivity (Wildman–Crippen MR) is 93.6 cm³/mol. The zero-order valence-electron chi connectivity index (χ0n) is 14.4. The number of amides is 1. The summed E-state index contributed by atoms with van der Waals surface area (Å²) in [6, 6.07) is 0. The van der Waals surface area contributed by atoms with Crippen molar-refractivity contribution in [3.05, 3.63) is 22.6 Å². The van der Waals surface area contributed by atoms with Crippen LogP contribution < -0.4 is 0 Å². The Morgan fingerprint density at radius 2 is 1.36 bits per heavy atom. The Hall–Kier alpha value is -1.28. The molecule has 0 radical (unpaired) electrons. The van der Waals surface area contributed by atoms with Crippen molar-refractivity contribution in [2.45, 2.75) is 96.8 Å². The minimum Gasteiger partial charge on any atom is -0.293 e. The third-order valence-electron chi connectivity index (χ3n) is 3.98. The summed E-state index contributed by atoms with van der Waals surface area (Å²) >= 11 is 0. The van der Waals surface area contributed by atoms with Gasteiger partial charge in [0.2, 0.25) is 5.91 Å². The molecule has 0 unspecified atom stereocenters. The number of hydrogen-bond donors (Lipinski definition) is 0. The van der Waals surface area contributed by atoms with Gasteiger partial charge in [0.25, 0.3) is 0 Å². The molecule has 0 N–H and O–H groups in total. The van der Waals surface area contributed by atoms with Crippen molar-refractivity contribution in [3.63, 3.8) is 0 Å². The van der Waals surface area contributed by atoms with Crippen molar-refractivity contribution < 1.29 is 4.79 Å². The summed E-state index contributed by atoms with van der Waals surface area (Å²) in [6.07, 6.45) is 16.7. The third kappa shape index (κ3) is 15.1. The summed E-state index contributed by atoms with van der Waals surface area (Å²) in [5.41, 5.74) is 9.23. The molecule has 4 nitrogen and oxygen atoms in total. The molecule has 0 saturated carbocycles. The summed E-state index contributed by atoms with van der Waals surface area (Å²) in [6.45, 7) is 6.24. The summed E-state index contributed by atoms with van der Waals surface area (Å²) < 4.78 is 0. The zero-order chi connectivity index (χ0) is 16.5. The number of allylic oxidation sites excluding steroid dienone is 1. The lowest BCUT2D eigenvalue weighted by Gasteiger charge is -2.05. The van der Waals surface area contributed by atoms with E-state index < -0.39 is 0 Å². The van der Waals surface area contributed by atoms with E-state index in [9.17, 15) is 4.79 Å². The van der Waals surface area contributed by atoms with E-state index in [0.717, 1.165) is 18.4 Å². The molecule has 0 fully saturated rings. The van der Waals surface area contributed by atoms with Crippen LogP contribution in [0.1, 0.15) is 96.8 Å². The van der Waals surface area contributed by atoms with E-state index >= 15 is 0 Å². The fourth-order valence-electron chi connectivity index (χ4n) is 2.55. The highest BCUT2D eigenvalue weighted by Gasteiger charge is 2.01. The average molecular weight is 307 g/mol. The van der Waals surface area contributed by atoms with Crippen LogP contribution >= 0.6 is 0 Å². The minimum absolute atomic E-state index is 0.293. The number of carbonyl (C=O) groups is 1. The molecule has 0 rings (SSSR count). The first-order valence-corrected chi connectivity index (χ1v) is 8.95. The molecule has 0 aliphatic carbocycles. The molecule has 0 aromatic rings. The van der Waals surface area contributed by atoms with E-state index in [4.69, 9.17) is 5.53 Å². The highest BCUT2D eigenvalue weighted by molar-refractivity contribution is 5.76. The first kappa shape index (κ1) is 20.7. The summed E-state index contributed by atoms with van der Waals surface area (Å²) in [5, 5.41) is 3.06. The van der Waals surface area contributed by atoms with Gasteiger partial charge in [0.05, 0.1) is 0 Å². The number of hydrogen-bond acceptors (Lipinski definition) is 1. The van der Waals surface area contributed by atoms with Crippen LogP contribution in [-0.2, 0) is 4.79 Å². The van der Waals surface area contributed by atoms with Crippen LogP contribution in [0.15, 0.2) is 17.3 Å². The van der Waals surface area contributed by atoms with Gasteiger partial charge in [-0.25, -0.2) is 0 Å². The van der Waals surface area contributed by atoms with Gasteiger partial charge >= 0.3 is 0 Å². The Morgan fingerprint density at radius 3 is 1.86 bits per heavy atom. The molecule has 1 amide bonds. The second kappa shape index (κ2) is 16.1. The Balaban J connectivity index is 3.26.